The van der Waals surface area contributed by atoms with E-state index in [4.69, 9.17) is 9.57 Å². The number of rotatable bonds is 9. The Bertz CT molecular complexity index is 639. The average molecular weight is 326 g/mol. The number of nitrogens with zero attached hydrogens (tertiary/aromatic N) is 1. The number of carbonyl (C=O) groups is 1. The van der Waals surface area contributed by atoms with E-state index >= 15 is 0 Å². The zero-order chi connectivity index (χ0) is 17.0. The van der Waals surface area contributed by atoms with Crippen molar-refractivity contribution in [2.24, 2.45) is 5.16 Å². The predicted molar refractivity (Wildman–Crippen MR) is 94.3 cm³/mol. The van der Waals surface area contributed by atoms with Crippen LogP contribution in [0.4, 0.5) is 0 Å². The molecule has 0 saturated heterocycles. The fraction of sp³-hybridized carbons (Fsp3) is 0.263. The molecule has 5 heteroatoms. The summed E-state index contributed by atoms with van der Waals surface area (Å²) >= 11 is 0. The van der Waals surface area contributed by atoms with E-state index in [1.54, 1.807) is 6.21 Å². The molecule has 2 aromatic rings. The summed E-state index contributed by atoms with van der Waals surface area (Å²) in [5, 5.41) is 6.59. The van der Waals surface area contributed by atoms with E-state index in [0.29, 0.717) is 13.2 Å². The van der Waals surface area contributed by atoms with Gasteiger partial charge >= 0.3 is 0 Å². The van der Waals surface area contributed by atoms with Gasteiger partial charge in [-0.2, -0.15) is 0 Å². The highest BCUT2D eigenvalue weighted by Crippen LogP contribution is 2.10. The number of hydrogen-bond donors (Lipinski definition) is 1. The van der Waals surface area contributed by atoms with Crippen LogP contribution in [0.1, 0.15) is 18.1 Å². The first-order valence-electron chi connectivity index (χ1n) is 7.96. The van der Waals surface area contributed by atoms with Crippen molar-refractivity contribution in [2.75, 3.05) is 19.8 Å². The van der Waals surface area contributed by atoms with Crippen LogP contribution in [-0.2, 0) is 16.1 Å². The molecule has 0 fully saturated rings. The Morgan fingerprint density at radius 2 is 1.88 bits per heavy atom. The van der Waals surface area contributed by atoms with Gasteiger partial charge in [-0.1, -0.05) is 35.5 Å². The van der Waals surface area contributed by atoms with E-state index < -0.39 is 0 Å². The van der Waals surface area contributed by atoms with Crippen molar-refractivity contribution in [1.82, 2.24) is 5.32 Å². The molecule has 0 spiro atoms. The van der Waals surface area contributed by atoms with Crippen molar-refractivity contribution in [3.63, 3.8) is 0 Å². The third kappa shape index (κ3) is 6.52. The summed E-state index contributed by atoms with van der Waals surface area (Å²) in [6.45, 7) is 3.06. The molecule has 0 aliphatic heterocycles. The molecule has 0 heterocycles. The van der Waals surface area contributed by atoms with Crippen LogP contribution in [0, 0.1) is 0 Å². The Morgan fingerprint density at radius 3 is 2.58 bits per heavy atom. The van der Waals surface area contributed by atoms with Gasteiger partial charge in [0.15, 0.2) is 6.61 Å². The van der Waals surface area contributed by atoms with Crippen molar-refractivity contribution in [3.8, 4) is 5.75 Å². The van der Waals surface area contributed by atoms with Crippen molar-refractivity contribution in [2.45, 2.75) is 13.3 Å². The summed E-state index contributed by atoms with van der Waals surface area (Å²) in [6, 6.07) is 17.5. The van der Waals surface area contributed by atoms with Crippen LogP contribution in [0.5, 0.6) is 5.75 Å². The number of carbonyl (C=O) groups excluding carboxylic acids is 1. The molecule has 2 aromatic carbocycles. The average Bonchev–Trinajstić information content (AvgIpc) is 2.61. The number of ether oxygens (including phenoxy) is 1. The molecule has 0 radical (unpaired) electrons. The number of oxime groups is 1. The normalized spacial score (nSPS) is 10.5. The lowest BCUT2D eigenvalue weighted by molar-refractivity contribution is -0.125. The van der Waals surface area contributed by atoms with Crippen molar-refractivity contribution >= 4 is 12.1 Å². The molecule has 0 aliphatic carbocycles. The van der Waals surface area contributed by atoms with E-state index in [9.17, 15) is 4.79 Å². The van der Waals surface area contributed by atoms with Gasteiger partial charge < -0.3 is 14.9 Å². The maximum absolute atomic E-state index is 11.6. The standard InChI is InChI=1S/C19H22N2O3/c1-2-23-18-10-8-17(9-11-18)14-21-24-15-19(22)20-13-12-16-6-4-3-5-7-16/h3-11,14H,2,12-13,15H2,1H3,(H,20,22)/b21-14+. The highest BCUT2D eigenvalue weighted by Gasteiger charge is 2.00. The molecule has 24 heavy (non-hydrogen) atoms. The van der Waals surface area contributed by atoms with Gasteiger partial charge in [0, 0.05) is 6.54 Å². The van der Waals surface area contributed by atoms with Crippen LogP contribution in [-0.4, -0.2) is 31.9 Å². The van der Waals surface area contributed by atoms with Gasteiger partial charge in [0.25, 0.3) is 5.91 Å². The zero-order valence-corrected chi connectivity index (χ0v) is 13.8. The first-order valence-corrected chi connectivity index (χ1v) is 7.96. The first kappa shape index (κ1) is 17.5. The number of amides is 1. The van der Waals surface area contributed by atoms with E-state index in [1.807, 2.05) is 61.5 Å². The predicted octanol–water partition coefficient (Wildman–Crippen LogP) is 2.79. The number of benzene rings is 2. The highest BCUT2D eigenvalue weighted by molar-refractivity contribution is 5.80. The second-order valence-corrected chi connectivity index (χ2v) is 5.10. The van der Waals surface area contributed by atoms with Crippen LogP contribution < -0.4 is 10.1 Å². The topological polar surface area (TPSA) is 59.9 Å². The minimum Gasteiger partial charge on any atom is -0.494 e. The molecular formula is C19H22N2O3. The Hall–Kier alpha value is -2.82. The largest absolute Gasteiger partial charge is 0.494 e. The summed E-state index contributed by atoms with van der Waals surface area (Å²) in [7, 11) is 0. The van der Waals surface area contributed by atoms with Crippen LogP contribution in [0.3, 0.4) is 0 Å². The van der Waals surface area contributed by atoms with Crippen molar-refractivity contribution in [1.29, 1.82) is 0 Å². The molecule has 0 unspecified atom stereocenters. The Labute approximate surface area is 142 Å². The van der Waals surface area contributed by atoms with Crippen molar-refractivity contribution < 1.29 is 14.4 Å². The molecule has 0 aliphatic rings. The lowest BCUT2D eigenvalue weighted by Gasteiger charge is -2.04. The summed E-state index contributed by atoms with van der Waals surface area (Å²) < 4.78 is 5.36. The third-order valence-electron chi connectivity index (χ3n) is 3.24. The maximum Gasteiger partial charge on any atom is 0.260 e. The monoisotopic (exact) mass is 326 g/mol. The zero-order valence-electron chi connectivity index (χ0n) is 13.8. The molecular weight excluding hydrogens is 304 g/mol. The maximum atomic E-state index is 11.6. The molecule has 0 aromatic heterocycles. The lowest BCUT2D eigenvalue weighted by Crippen LogP contribution is -2.28. The van der Waals surface area contributed by atoms with Gasteiger partial charge in [-0.3, -0.25) is 4.79 Å². The Kier molecular flexibility index (Phi) is 7.34. The van der Waals surface area contributed by atoms with Gasteiger partial charge in [-0.15, -0.1) is 0 Å². The Balaban J connectivity index is 1.63. The minimum atomic E-state index is -0.185. The Morgan fingerprint density at radius 1 is 1.12 bits per heavy atom. The smallest absolute Gasteiger partial charge is 0.260 e. The fourth-order valence-corrected chi connectivity index (χ4v) is 2.05. The van der Waals surface area contributed by atoms with E-state index in [0.717, 1.165) is 17.7 Å². The molecule has 2 rings (SSSR count). The molecule has 1 N–H and O–H groups in total. The van der Waals surface area contributed by atoms with Gasteiger partial charge in [-0.25, -0.2) is 0 Å². The molecule has 126 valence electrons. The molecule has 1 amide bonds. The van der Waals surface area contributed by atoms with Crippen molar-refractivity contribution in [3.05, 3.63) is 65.7 Å². The van der Waals surface area contributed by atoms with E-state index in [2.05, 4.69) is 10.5 Å². The SMILES string of the molecule is CCOc1ccc(/C=N/OCC(=O)NCCc2ccccc2)cc1. The minimum absolute atomic E-state index is 0.0949. The second-order valence-electron chi connectivity index (χ2n) is 5.10. The summed E-state index contributed by atoms with van der Waals surface area (Å²) in [4.78, 5) is 16.6. The number of hydrogen-bond acceptors (Lipinski definition) is 4. The van der Waals surface area contributed by atoms with E-state index in [-0.39, 0.29) is 12.5 Å². The molecule has 5 nitrogen and oxygen atoms in total. The van der Waals surface area contributed by atoms with Gasteiger partial charge in [-0.05, 0) is 48.7 Å². The van der Waals surface area contributed by atoms with Crippen LogP contribution in [0.2, 0.25) is 0 Å². The molecule has 0 bridgehead atoms. The van der Waals surface area contributed by atoms with Gasteiger partial charge in [0.2, 0.25) is 0 Å². The van der Waals surface area contributed by atoms with Crippen LogP contribution in [0.25, 0.3) is 0 Å². The number of nitrogens with one attached hydrogen (secondary N) is 1. The first-order chi connectivity index (χ1) is 11.8. The van der Waals surface area contributed by atoms with Crippen LogP contribution >= 0.6 is 0 Å². The quantitative estimate of drug-likeness (QED) is 0.569. The van der Waals surface area contributed by atoms with E-state index in [1.165, 1.54) is 5.56 Å². The summed E-state index contributed by atoms with van der Waals surface area (Å²) in [5.74, 6) is 0.628. The van der Waals surface area contributed by atoms with Crippen LogP contribution in [0.15, 0.2) is 59.8 Å². The van der Waals surface area contributed by atoms with Gasteiger partial charge in [0.05, 0.1) is 12.8 Å². The summed E-state index contributed by atoms with van der Waals surface area (Å²) in [6.07, 6.45) is 2.36. The van der Waals surface area contributed by atoms with Gasteiger partial charge in [0.1, 0.15) is 5.75 Å². The third-order valence-corrected chi connectivity index (χ3v) is 3.24. The highest BCUT2D eigenvalue weighted by atomic mass is 16.6. The molecule has 0 saturated carbocycles. The summed E-state index contributed by atoms with van der Waals surface area (Å²) in [5.41, 5.74) is 2.06. The molecule has 0 atom stereocenters. The lowest BCUT2D eigenvalue weighted by atomic mass is 10.1. The fourth-order valence-electron chi connectivity index (χ4n) is 2.05. The second kappa shape index (κ2) is 10.0.